The number of hydrogen-bond acceptors (Lipinski definition) is 3. The Labute approximate surface area is 123 Å². The van der Waals surface area contributed by atoms with Crippen molar-refractivity contribution in [2.24, 2.45) is 5.73 Å². The molecule has 1 aromatic rings. The van der Waals surface area contributed by atoms with Crippen molar-refractivity contribution in [2.75, 3.05) is 6.61 Å². The lowest BCUT2D eigenvalue weighted by Crippen LogP contribution is -2.18. The van der Waals surface area contributed by atoms with Gasteiger partial charge in [0.25, 0.3) is 0 Å². The van der Waals surface area contributed by atoms with E-state index in [0.29, 0.717) is 22.9 Å². The van der Waals surface area contributed by atoms with Crippen molar-refractivity contribution in [3.8, 4) is 5.75 Å². The van der Waals surface area contributed by atoms with E-state index < -0.39 is 12.4 Å². The fourth-order valence-corrected chi connectivity index (χ4v) is 1.96. The average molecular weight is 365 g/mol. The topological polar surface area (TPSA) is 55.5 Å². The molecule has 0 aliphatic rings. The molecule has 0 radical (unpaired) electrons. The lowest BCUT2D eigenvalue weighted by atomic mass is 10.0. The molecule has 0 bridgehead atoms. The Kier molecular flexibility index (Phi) is 7.73. The Morgan fingerprint density at radius 1 is 1.32 bits per heavy atom. The van der Waals surface area contributed by atoms with Crippen molar-refractivity contribution < 1.29 is 23.0 Å². The van der Waals surface area contributed by atoms with Gasteiger partial charge in [-0.1, -0.05) is 15.9 Å². The van der Waals surface area contributed by atoms with Crippen LogP contribution in [0.15, 0.2) is 22.7 Å². The number of alkyl halides is 3. The second kappa shape index (κ2) is 7.94. The summed E-state index contributed by atoms with van der Waals surface area (Å²) in [6.07, 6.45) is -3.76. The zero-order valence-corrected chi connectivity index (χ0v) is 12.2. The van der Waals surface area contributed by atoms with Crippen LogP contribution in [0.1, 0.15) is 24.4 Å². The van der Waals surface area contributed by atoms with Gasteiger partial charge in [0.1, 0.15) is 5.75 Å². The average Bonchev–Trinajstić information content (AvgIpc) is 2.22. The smallest absolute Gasteiger partial charge is 0.406 e. The minimum atomic E-state index is -4.73. The van der Waals surface area contributed by atoms with Crippen LogP contribution in [0.25, 0.3) is 0 Å². The number of nitrogens with two attached hydrogens (primary N) is 1. The minimum Gasteiger partial charge on any atom is -0.406 e. The molecule has 0 spiro atoms. The van der Waals surface area contributed by atoms with E-state index in [-0.39, 0.29) is 24.8 Å². The predicted octanol–water partition coefficient (Wildman–Crippen LogP) is 3.54. The molecular weight excluding hydrogens is 350 g/mol. The van der Waals surface area contributed by atoms with Gasteiger partial charge in [0, 0.05) is 17.1 Å². The van der Waals surface area contributed by atoms with Crippen molar-refractivity contribution >= 4 is 28.3 Å². The normalized spacial score (nSPS) is 12.7. The molecule has 19 heavy (non-hydrogen) atoms. The van der Waals surface area contributed by atoms with E-state index in [1.165, 1.54) is 12.1 Å². The van der Waals surface area contributed by atoms with Gasteiger partial charge in [0.15, 0.2) is 0 Å². The predicted molar refractivity (Wildman–Crippen MR) is 71.3 cm³/mol. The molecule has 0 aromatic heterocycles. The summed E-state index contributed by atoms with van der Waals surface area (Å²) < 4.78 is 40.6. The highest BCUT2D eigenvalue weighted by molar-refractivity contribution is 9.10. The van der Waals surface area contributed by atoms with Crippen LogP contribution in [-0.2, 0) is 0 Å². The number of halogens is 5. The second-order valence-corrected chi connectivity index (χ2v) is 4.66. The quantitative estimate of drug-likeness (QED) is 0.840. The Morgan fingerprint density at radius 2 is 1.95 bits per heavy atom. The number of benzene rings is 1. The number of aliphatic hydroxyl groups is 1. The lowest BCUT2D eigenvalue weighted by Gasteiger charge is -2.15. The summed E-state index contributed by atoms with van der Waals surface area (Å²) in [5.41, 5.74) is 6.34. The first-order chi connectivity index (χ1) is 8.31. The summed E-state index contributed by atoms with van der Waals surface area (Å²) >= 11 is 3.10. The van der Waals surface area contributed by atoms with E-state index in [9.17, 15) is 13.2 Å². The van der Waals surface area contributed by atoms with Crippen LogP contribution in [0.4, 0.5) is 13.2 Å². The van der Waals surface area contributed by atoms with Crippen LogP contribution in [-0.4, -0.2) is 18.1 Å². The summed E-state index contributed by atoms with van der Waals surface area (Å²) in [5, 5.41) is 8.69. The van der Waals surface area contributed by atoms with Crippen molar-refractivity contribution in [3.63, 3.8) is 0 Å². The fourth-order valence-electron chi connectivity index (χ4n) is 1.47. The molecule has 8 heteroatoms. The summed E-state index contributed by atoms with van der Waals surface area (Å²) in [7, 11) is 0. The highest BCUT2D eigenvalue weighted by Gasteiger charge is 2.31. The third-order valence-electron chi connectivity index (χ3n) is 2.23. The summed E-state index contributed by atoms with van der Waals surface area (Å²) in [6, 6.07) is 3.66. The summed E-state index contributed by atoms with van der Waals surface area (Å²) in [6.45, 7) is -0.00634. The molecule has 0 aliphatic heterocycles. The molecular formula is C11H14BrClF3NO2. The zero-order valence-electron chi connectivity index (χ0n) is 9.78. The van der Waals surface area contributed by atoms with E-state index in [4.69, 9.17) is 10.8 Å². The molecule has 0 fully saturated rings. The molecule has 1 rings (SSSR count). The van der Waals surface area contributed by atoms with Gasteiger partial charge in [0.2, 0.25) is 0 Å². The Bertz CT molecular complexity index is 404. The van der Waals surface area contributed by atoms with E-state index in [0.717, 1.165) is 0 Å². The SMILES string of the molecule is Cl.N[C@H](CCCO)c1cc(Br)cc(OC(F)(F)F)c1. The van der Waals surface area contributed by atoms with E-state index >= 15 is 0 Å². The van der Waals surface area contributed by atoms with Crippen molar-refractivity contribution in [1.82, 2.24) is 0 Å². The van der Waals surface area contributed by atoms with Crippen LogP contribution in [0.2, 0.25) is 0 Å². The maximum absolute atomic E-state index is 12.1. The first-order valence-corrected chi connectivity index (χ1v) is 6.04. The summed E-state index contributed by atoms with van der Waals surface area (Å²) in [4.78, 5) is 0. The largest absolute Gasteiger partial charge is 0.573 e. The molecule has 1 aromatic carbocycles. The first kappa shape index (κ1) is 18.5. The molecule has 3 nitrogen and oxygen atoms in total. The van der Waals surface area contributed by atoms with Gasteiger partial charge in [-0.25, -0.2) is 0 Å². The van der Waals surface area contributed by atoms with Gasteiger partial charge in [-0.15, -0.1) is 25.6 Å². The fraction of sp³-hybridized carbons (Fsp3) is 0.455. The maximum Gasteiger partial charge on any atom is 0.573 e. The van der Waals surface area contributed by atoms with Crippen LogP contribution in [0.3, 0.4) is 0 Å². The monoisotopic (exact) mass is 363 g/mol. The Balaban J connectivity index is 0.00000324. The van der Waals surface area contributed by atoms with Gasteiger partial charge >= 0.3 is 6.36 Å². The molecule has 1 atom stereocenters. The number of rotatable bonds is 5. The van der Waals surface area contributed by atoms with Gasteiger partial charge in [-0.2, -0.15) is 0 Å². The van der Waals surface area contributed by atoms with E-state index in [1.54, 1.807) is 6.07 Å². The molecule has 0 saturated carbocycles. The van der Waals surface area contributed by atoms with Crippen LogP contribution < -0.4 is 10.5 Å². The molecule has 3 N–H and O–H groups in total. The Hall–Kier alpha value is -0.500. The second-order valence-electron chi connectivity index (χ2n) is 3.74. The van der Waals surface area contributed by atoms with Crippen molar-refractivity contribution in [2.45, 2.75) is 25.2 Å². The zero-order chi connectivity index (χ0) is 13.8. The third kappa shape index (κ3) is 7.00. The standard InChI is InChI=1S/C11H13BrF3NO2.ClH/c12-8-4-7(10(16)2-1-3-17)5-9(6-8)18-11(13,14)15;/h4-6,10,17H,1-3,16H2;1H/t10-;/m1./s1. The molecule has 0 unspecified atom stereocenters. The van der Waals surface area contributed by atoms with Crippen molar-refractivity contribution in [3.05, 3.63) is 28.2 Å². The molecule has 0 heterocycles. The maximum atomic E-state index is 12.1. The number of ether oxygens (including phenoxy) is 1. The molecule has 0 aliphatic carbocycles. The highest BCUT2D eigenvalue weighted by Crippen LogP contribution is 2.30. The van der Waals surface area contributed by atoms with Gasteiger partial charge < -0.3 is 15.6 Å². The minimum absolute atomic E-state index is 0. The van der Waals surface area contributed by atoms with Gasteiger partial charge in [0.05, 0.1) is 0 Å². The third-order valence-corrected chi connectivity index (χ3v) is 2.69. The molecule has 0 saturated heterocycles. The number of aliphatic hydroxyl groups excluding tert-OH is 1. The van der Waals surface area contributed by atoms with Gasteiger partial charge in [-0.05, 0) is 36.6 Å². The highest BCUT2D eigenvalue weighted by atomic mass is 79.9. The lowest BCUT2D eigenvalue weighted by molar-refractivity contribution is -0.274. The van der Waals surface area contributed by atoms with Crippen LogP contribution in [0.5, 0.6) is 5.75 Å². The summed E-state index contributed by atoms with van der Waals surface area (Å²) in [5.74, 6) is -0.314. The molecule has 110 valence electrons. The van der Waals surface area contributed by atoms with Crippen LogP contribution >= 0.6 is 28.3 Å². The number of hydrogen-bond donors (Lipinski definition) is 2. The van der Waals surface area contributed by atoms with E-state index in [1.807, 2.05) is 0 Å². The van der Waals surface area contributed by atoms with Crippen molar-refractivity contribution in [1.29, 1.82) is 0 Å². The van der Waals surface area contributed by atoms with E-state index in [2.05, 4.69) is 20.7 Å². The first-order valence-electron chi connectivity index (χ1n) is 5.24. The Morgan fingerprint density at radius 3 is 2.47 bits per heavy atom. The molecule has 0 amide bonds. The van der Waals surface area contributed by atoms with Gasteiger partial charge in [-0.3, -0.25) is 0 Å². The van der Waals surface area contributed by atoms with Crippen LogP contribution in [0, 0.1) is 0 Å².